The van der Waals surface area contributed by atoms with Gasteiger partial charge in [-0.3, -0.25) is 4.79 Å². The van der Waals surface area contributed by atoms with Gasteiger partial charge >= 0.3 is 0 Å². The normalized spacial score (nSPS) is 16.2. The third-order valence-corrected chi connectivity index (χ3v) is 4.69. The summed E-state index contributed by atoms with van der Waals surface area (Å²) in [6, 6.07) is 11.0. The molecule has 0 saturated carbocycles. The van der Waals surface area contributed by atoms with E-state index in [4.69, 9.17) is 18.9 Å². The molecule has 2 atom stereocenters. The van der Waals surface area contributed by atoms with Crippen LogP contribution in [0.1, 0.15) is 12.5 Å². The Morgan fingerprint density at radius 2 is 1.62 bits per heavy atom. The summed E-state index contributed by atoms with van der Waals surface area (Å²) >= 11 is 0. The summed E-state index contributed by atoms with van der Waals surface area (Å²) in [6.07, 6.45) is 0. The van der Waals surface area contributed by atoms with Crippen LogP contribution in [0.3, 0.4) is 0 Å². The Kier molecular flexibility index (Phi) is 4.30. The van der Waals surface area contributed by atoms with E-state index in [-0.39, 0.29) is 25.5 Å². The molecule has 0 saturated heterocycles. The molecule has 0 spiro atoms. The molecule has 0 aliphatic carbocycles. The molecule has 2 N–H and O–H groups in total. The first kappa shape index (κ1) is 16.5. The van der Waals surface area contributed by atoms with Crippen LogP contribution < -0.4 is 29.2 Å². The van der Waals surface area contributed by atoms with Crippen molar-refractivity contribution >= 4 is 11.6 Å². The molecule has 7 nitrogen and oxygen atoms in total. The second-order valence-corrected chi connectivity index (χ2v) is 6.49. The maximum Gasteiger partial charge on any atom is 0.282 e. The van der Waals surface area contributed by atoms with Gasteiger partial charge in [0.1, 0.15) is 6.54 Å². The maximum absolute atomic E-state index is 12.6. The zero-order chi connectivity index (χ0) is 18.1. The Balaban J connectivity index is 1.38. The molecule has 1 unspecified atom stereocenters. The van der Waals surface area contributed by atoms with Crippen molar-refractivity contribution in [1.29, 1.82) is 0 Å². The second kappa shape index (κ2) is 6.76. The minimum atomic E-state index is -0.231. The van der Waals surface area contributed by atoms with Gasteiger partial charge in [-0.1, -0.05) is 0 Å². The molecular formula is C19H21N2O5+. The number of carbonyl (C=O) groups excluding carboxylic acids is 1. The highest BCUT2D eigenvalue weighted by atomic mass is 16.7. The molecule has 4 rings (SSSR count). The quantitative estimate of drug-likeness (QED) is 0.841. The van der Waals surface area contributed by atoms with Crippen LogP contribution in [0.5, 0.6) is 23.0 Å². The molecule has 2 aromatic carbocycles. The minimum Gasteiger partial charge on any atom is -0.454 e. The summed E-state index contributed by atoms with van der Waals surface area (Å²) in [5.41, 5.74) is 1.79. The van der Waals surface area contributed by atoms with E-state index < -0.39 is 0 Å². The molecule has 1 amide bonds. The molecular weight excluding hydrogens is 336 g/mol. The number of hydrogen-bond donors (Lipinski definition) is 2. The predicted octanol–water partition coefficient (Wildman–Crippen LogP) is 1.19. The lowest BCUT2D eigenvalue weighted by atomic mass is 10.1. The first-order valence-corrected chi connectivity index (χ1v) is 8.51. The van der Waals surface area contributed by atoms with Crippen molar-refractivity contribution in [3.05, 3.63) is 42.0 Å². The highest BCUT2D eigenvalue weighted by Crippen LogP contribution is 2.34. The number of amides is 1. The van der Waals surface area contributed by atoms with Gasteiger partial charge in [0, 0.05) is 17.3 Å². The highest BCUT2D eigenvalue weighted by molar-refractivity contribution is 5.93. The molecule has 2 heterocycles. The van der Waals surface area contributed by atoms with Crippen LogP contribution in [-0.4, -0.2) is 32.6 Å². The second-order valence-electron chi connectivity index (χ2n) is 6.49. The first-order chi connectivity index (χ1) is 12.6. The lowest BCUT2D eigenvalue weighted by Gasteiger charge is -2.21. The van der Waals surface area contributed by atoms with E-state index in [9.17, 15) is 4.79 Å². The fourth-order valence-corrected chi connectivity index (χ4v) is 2.97. The van der Waals surface area contributed by atoms with E-state index in [1.54, 1.807) is 12.1 Å². The van der Waals surface area contributed by atoms with E-state index >= 15 is 0 Å². The molecule has 26 heavy (non-hydrogen) atoms. The zero-order valence-electron chi connectivity index (χ0n) is 14.7. The van der Waals surface area contributed by atoms with E-state index in [0.29, 0.717) is 23.7 Å². The van der Waals surface area contributed by atoms with E-state index in [1.165, 1.54) is 0 Å². The smallest absolute Gasteiger partial charge is 0.282 e. The zero-order valence-corrected chi connectivity index (χ0v) is 14.7. The van der Waals surface area contributed by atoms with Crippen LogP contribution >= 0.6 is 0 Å². The van der Waals surface area contributed by atoms with Crippen molar-refractivity contribution in [3.63, 3.8) is 0 Å². The number of fused-ring (bicyclic) bond motifs is 2. The van der Waals surface area contributed by atoms with E-state index in [0.717, 1.165) is 22.0 Å². The van der Waals surface area contributed by atoms with Crippen molar-refractivity contribution < 1.29 is 28.6 Å². The maximum atomic E-state index is 12.6. The fourth-order valence-electron chi connectivity index (χ4n) is 2.97. The van der Waals surface area contributed by atoms with Crippen LogP contribution in [0.25, 0.3) is 0 Å². The number of likely N-dealkylation sites (N-methyl/N-ethyl adjacent to an activating group) is 1. The first-order valence-electron chi connectivity index (χ1n) is 8.51. The van der Waals surface area contributed by atoms with Crippen LogP contribution in [0.4, 0.5) is 5.69 Å². The number of benzene rings is 2. The van der Waals surface area contributed by atoms with Gasteiger partial charge in [-0.05, 0) is 37.3 Å². The lowest BCUT2D eigenvalue weighted by Crippen LogP contribution is -3.12. The summed E-state index contributed by atoms with van der Waals surface area (Å²) in [4.78, 5) is 13.7. The number of ether oxygens (including phenoxy) is 4. The number of nitrogens with one attached hydrogen (secondary N) is 2. The van der Waals surface area contributed by atoms with Crippen LogP contribution in [0, 0.1) is 0 Å². The number of quaternary nitrogens is 1. The van der Waals surface area contributed by atoms with Crippen LogP contribution in [-0.2, 0) is 11.3 Å². The van der Waals surface area contributed by atoms with Crippen molar-refractivity contribution in [2.45, 2.75) is 19.5 Å². The molecule has 0 radical (unpaired) electrons. The van der Waals surface area contributed by atoms with Crippen LogP contribution in [0.15, 0.2) is 36.4 Å². The number of carbonyl (C=O) groups is 1. The van der Waals surface area contributed by atoms with Gasteiger partial charge in [0.15, 0.2) is 29.0 Å². The van der Waals surface area contributed by atoms with Crippen LogP contribution in [0.2, 0.25) is 0 Å². The van der Waals surface area contributed by atoms with Gasteiger partial charge in [0.25, 0.3) is 5.91 Å². The summed E-state index contributed by atoms with van der Waals surface area (Å²) < 4.78 is 21.4. The Bertz CT molecular complexity index is 839. The van der Waals surface area contributed by atoms with Crippen molar-refractivity contribution in [2.75, 3.05) is 26.0 Å². The molecule has 0 fully saturated rings. The summed E-state index contributed by atoms with van der Waals surface area (Å²) in [5, 5.41) is 2.94. The third kappa shape index (κ3) is 3.25. The average molecular weight is 357 g/mol. The molecule has 2 aliphatic rings. The van der Waals surface area contributed by atoms with E-state index in [1.807, 2.05) is 38.2 Å². The molecule has 136 valence electrons. The molecule has 2 aromatic rings. The lowest BCUT2D eigenvalue weighted by molar-refractivity contribution is -0.907. The SMILES string of the molecule is C[C@H](C(=O)Nc1ccc2c(c1)OCO2)[NH+](C)Cc1ccc2c(c1)OCO2. The van der Waals surface area contributed by atoms with Gasteiger partial charge in [-0.25, -0.2) is 0 Å². The Morgan fingerprint density at radius 3 is 2.35 bits per heavy atom. The van der Waals surface area contributed by atoms with Gasteiger partial charge < -0.3 is 29.2 Å². The van der Waals surface area contributed by atoms with Crippen molar-refractivity contribution in [2.24, 2.45) is 0 Å². The standard InChI is InChI=1S/C19H20N2O5/c1-12(19(22)20-14-4-6-16-18(8-14)26-11-24-16)21(2)9-13-3-5-15-17(7-13)25-10-23-15/h3-8,12H,9-11H2,1-2H3,(H,20,22)/p+1/t12-/m1/s1. The topological polar surface area (TPSA) is 70.5 Å². The average Bonchev–Trinajstić information content (AvgIpc) is 3.28. The third-order valence-electron chi connectivity index (χ3n) is 4.69. The number of hydrogen-bond acceptors (Lipinski definition) is 5. The summed E-state index contributed by atoms with van der Waals surface area (Å²) in [7, 11) is 1.99. The van der Waals surface area contributed by atoms with Gasteiger partial charge in [-0.2, -0.15) is 0 Å². The van der Waals surface area contributed by atoms with Crippen molar-refractivity contribution in [1.82, 2.24) is 0 Å². The van der Waals surface area contributed by atoms with Crippen molar-refractivity contribution in [3.8, 4) is 23.0 Å². The Hall–Kier alpha value is -2.93. The molecule has 0 aromatic heterocycles. The predicted molar refractivity (Wildman–Crippen MR) is 93.8 cm³/mol. The van der Waals surface area contributed by atoms with E-state index in [2.05, 4.69) is 5.32 Å². The minimum absolute atomic E-state index is 0.0536. The fraction of sp³-hybridized carbons (Fsp3) is 0.316. The monoisotopic (exact) mass is 357 g/mol. The summed E-state index contributed by atoms with van der Waals surface area (Å²) in [6.45, 7) is 3.08. The van der Waals surface area contributed by atoms with Gasteiger partial charge in [0.05, 0.1) is 7.05 Å². The van der Waals surface area contributed by atoms with Gasteiger partial charge in [0.2, 0.25) is 13.6 Å². The Morgan fingerprint density at radius 1 is 1.00 bits per heavy atom. The molecule has 0 bridgehead atoms. The number of anilines is 1. The summed E-state index contributed by atoms with van der Waals surface area (Å²) in [5.74, 6) is 2.81. The largest absolute Gasteiger partial charge is 0.454 e. The van der Waals surface area contributed by atoms with Gasteiger partial charge in [-0.15, -0.1) is 0 Å². The number of rotatable bonds is 5. The molecule has 7 heteroatoms. The molecule has 2 aliphatic heterocycles. The highest BCUT2D eigenvalue weighted by Gasteiger charge is 2.24. The Labute approximate surface area is 151 Å².